The Morgan fingerprint density at radius 3 is 2.58 bits per heavy atom. The molecule has 8 nitrogen and oxygen atoms in total. The number of morpholine rings is 1. The number of carbonyl (C=O) groups excluding carboxylic acids is 1. The molecular weight excluding hydrogens is 440 g/mol. The first-order valence-electron chi connectivity index (χ1n) is 11.1. The fourth-order valence-corrected chi connectivity index (χ4v) is 6.06. The van der Waals surface area contributed by atoms with Gasteiger partial charge in [0.25, 0.3) is 5.91 Å². The minimum Gasteiger partial charge on any atom is -0.379 e. The second-order valence-electron chi connectivity index (χ2n) is 8.33. The quantitative estimate of drug-likeness (QED) is 0.624. The lowest BCUT2D eigenvalue weighted by atomic mass is 10.1. The molecule has 3 aromatic rings. The van der Waals surface area contributed by atoms with Crippen molar-refractivity contribution in [2.75, 3.05) is 31.6 Å². The predicted octanol–water partition coefficient (Wildman–Crippen LogP) is 2.94. The molecule has 2 heterocycles. The third kappa shape index (κ3) is 4.07. The van der Waals surface area contributed by atoms with Gasteiger partial charge in [0.15, 0.2) is 0 Å². The van der Waals surface area contributed by atoms with Crippen LogP contribution in [0.15, 0.2) is 53.4 Å². The van der Waals surface area contributed by atoms with Crippen LogP contribution < -0.4 is 5.32 Å². The molecule has 1 saturated heterocycles. The van der Waals surface area contributed by atoms with E-state index >= 15 is 0 Å². The molecule has 1 fully saturated rings. The average molecular weight is 467 g/mol. The van der Waals surface area contributed by atoms with Crippen LogP contribution in [0.3, 0.4) is 0 Å². The van der Waals surface area contributed by atoms with E-state index in [9.17, 15) is 13.2 Å². The number of para-hydroxylation sites is 1. The van der Waals surface area contributed by atoms with Crippen molar-refractivity contribution in [2.24, 2.45) is 0 Å². The molecule has 0 saturated carbocycles. The summed E-state index contributed by atoms with van der Waals surface area (Å²) in [5.74, 6) is 0.289. The number of nitrogens with one attached hydrogen (secondary N) is 1. The Kier molecular flexibility index (Phi) is 5.77. The van der Waals surface area contributed by atoms with Crippen LogP contribution in [0.1, 0.15) is 33.6 Å². The van der Waals surface area contributed by atoms with Crippen molar-refractivity contribution in [3.05, 3.63) is 70.9 Å². The molecule has 172 valence electrons. The zero-order valence-electron chi connectivity index (χ0n) is 18.5. The summed E-state index contributed by atoms with van der Waals surface area (Å²) >= 11 is 0. The third-order valence-electron chi connectivity index (χ3n) is 6.18. The van der Waals surface area contributed by atoms with Gasteiger partial charge in [0, 0.05) is 24.2 Å². The van der Waals surface area contributed by atoms with Crippen LogP contribution in [0.2, 0.25) is 0 Å². The summed E-state index contributed by atoms with van der Waals surface area (Å²) in [6.07, 6.45) is 2.73. The largest absolute Gasteiger partial charge is 0.379 e. The molecule has 2 aromatic carbocycles. The van der Waals surface area contributed by atoms with E-state index in [4.69, 9.17) is 9.84 Å². The first-order chi connectivity index (χ1) is 15.9. The Morgan fingerprint density at radius 2 is 1.82 bits per heavy atom. The SMILES string of the molecule is Cc1ccc(C(=O)Nc2c3c(nn2-c2ccccc2)CCC3)cc1S(=O)(=O)N1CCOCC1. The van der Waals surface area contributed by atoms with Crippen molar-refractivity contribution in [2.45, 2.75) is 31.1 Å². The van der Waals surface area contributed by atoms with Crippen molar-refractivity contribution in [1.82, 2.24) is 14.1 Å². The summed E-state index contributed by atoms with van der Waals surface area (Å²) in [5, 5.41) is 7.74. The summed E-state index contributed by atoms with van der Waals surface area (Å²) in [6, 6.07) is 14.5. The molecule has 5 rings (SSSR count). The normalized spacial score (nSPS) is 16.5. The van der Waals surface area contributed by atoms with Crippen molar-refractivity contribution in [3.8, 4) is 5.69 Å². The molecular formula is C24H26N4O4S. The monoisotopic (exact) mass is 466 g/mol. The van der Waals surface area contributed by atoms with E-state index in [0.29, 0.717) is 43.2 Å². The number of ether oxygens (including phenoxy) is 1. The second-order valence-corrected chi connectivity index (χ2v) is 10.2. The number of aryl methyl sites for hydroxylation is 2. The fraction of sp³-hybridized carbons (Fsp3) is 0.333. The van der Waals surface area contributed by atoms with Crippen LogP contribution in [0.5, 0.6) is 0 Å². The lowest BCUT2D eigenvalue weighted by molar-refractivity contribution is 0.0730. The van der Waals surface area contributed by atoms with E-state index in [2.05, 4.69) is 5.32 Å². The highest BCUT2D eigenvalue weighted by molar-refractivity contribution is 7.89. The Bertz CT molecular complexity index is 1300. The molecule has 0 spiro atoms. The highest BCUT2D eigenvalue weighted by Crippen LogP contribution is 2.31. The minimum absolute atomic E-state index is 0.152. The van der Waals surface area contributed by atoms with Gasteiger partial charge >= 0.3 is 0 Å². The van der Waals surface area contributed by atoms with Crippen LogP contribution >= 0.6 is 0 Å². The fourth-order valence-electron chi connectivity index (χ4n) is 4.40. The van der Waals surface area contributed by atoms with Gasteiger partial charge in [-0.2, -0.15) is 9.40 Å². The number of aromatic nitrogens is 2. The van der Waals surface area contributed by atoms with Gasteiger partial charge < -0.3 is 10.1 Å². The molecule has 9 heteroatoms. The topological polar surface area (TPSA) is 93.5 Å². The van der Waals surface area contributed by atoms with Crippen LogP contribution in [0.25, 0.3) is 5.69 Å². The number of nitrogens with zero attached hydrogens (tertiary/aromatic N) is 3. The van der Waals surface area contributed by atoms with Crippen LogP contribution in [0, 0.1) is 6.92 Å². The van der Waals surface area contributed by atoms with E-state index in [0.717, 1.165) is 36.2 Å². The van der Waals surface area contributed by atoms with Gasteiger partial charge in [0.2, 0.25) is 10.0 Å². The molecule has 1 aliphatic carbocycles. The highest BCUT2D eigenvalue weighted by atomic mass is 32.2. The number of hydrogen-bond acceptors (Lipinski definition) is 5. The van der Waals surface area contributed by atoms with E-state index in [-0.39, 0.29) is 10.8 Å². The van der Waals surface area contributed by atoms with Gasteiger partial charge in [0.05, 0.1) is 29.5 Å². The van der Waals surface area contributed by atoms with Gasteiger partial charge in [-0.1, -0.05) is 24.3 Å². The van der Waals surface area contributed by atoms with Gasteiger partial charge in [-0.05, 0) is 56.0 Å². The van der Waals surface area contributed by atoms with Crippen molar-refractivity contribution >= 4 is 21.7 Å². The number of anilines is 1. The number of hydrogen-bond donors (Lipinski definition) is 1. The third-order valence-corrected chi connectivity index (χ3v) is 8.22. The molecule has 0 atom stereocenters. The Balaban J connectivity index is 1.48. The van der Waals surface area contributed by atoms with Crippen LogP contribution in [0.4, 0.5) is 5.82 Å². The summed E-state index contributed by atoms with van der Waals surface area (Å²) in [6.45, 7) is 3.09. The number of amides is 1. The second kappa shape index (κ2) is 8.74. The molecule has 0 radical (unpaired) electrons. The number of fused-ring (bicyclic) bond motifs is 1. The van der Waals surface area contributed by atoms with Gasteiger partial charge in [-0.15, -0.1) is 0 Å². The number of rotatable bonds is 5. The van der Waals surface area contributed by atoms with Crippen LogP contribution in [-0.4, -0.2) is 54.7 Å². The predicted molar refractivity (Wildman–Crippen MR) is 124 cm³/mol. The van der Waals surface area contributed by atoms with E-state index in [1.54, 1.807) is 23.7 Å². The van der Waals surface area contributed by atoms with Crippen molar-refractivity contribution in [1.29, 1.82) is 0 Å². The summed E-state index contributed by atoms with van der Waals surface area (Å²) in [7, 11) is -3.72. The molecule has 2 aliphatic rings. The molecule has 0 bridgehead atoms. The molecule has 1 N–H and O–H groups in total. The minimum atomic E-state index is -3.72. The highest BCUT2D eigenvalue weighted by Gasteiger charge is 2.29. The van der Waals surface area contributed by atoms with E-state index < -0.39 is 10.0 Å². The molecule has 0 unspecified atom stereocenters. The lowest BCUT2D eigenvalue weighted by Gasteiger charge is -2.26. The molecule has 1 amide bonds. The first-order valence-corrected chi connectivity index (χ1v) is 12.6. The summed E-state index contributed by atoms with van der Waals surface area (Å²) < 4.78 is 34.9. The van der Waals surface area contributed by atoms with E-state index in [1.165, 1.54) is 10.4 Å². The maximum Gasteiger partial charge on any atom is 0.256 e. The number of carbonyl (C=O) groups is 1. The van der Waals surface area contributed by atoms with E-state index in [1.807, 2.05) is 30.3 Å². The Morgan fingerprint density at radius 1 is 1.06 bits per heavy atom. The molecule has 1 aliphatic heterocycles. The zero-order valence-corrected chi connectivity index (χ0v) is 19.3. The van der Waals surface area contributed by atoms with Gasteiger partial charge in [-0.3, -0.25) is 4.79 Å². The Labute approximate surface area is 193 Å². The summed E-state index contributed by atoms with van der Waals surface area (Å²) in [5.41, 5.74) is 3.80. The first kappa shape index (κ1) is 21.8. The average Bonchev–Trinajstić information content (AvgIpc) is 3.43. The van der Waals surface area contributed by atoms with Crippen LogP contribution in [-0.2, 0) is 27.6 Å². The zero-order chi connectivity index (χ0) is 23.0. The molecule has 33 heavy (non-hydrogen) atoms. The maximum absolute atomic E-state index is 13.3. The lowest BCUT2D eigenvalue weighted by Crippen LogP contribution is -2.40. The van der Waals surface area contributed by atoms with Gasteiger partial charge in [0.1, 0.15) is 5.82 Å². The standard InChI is InChI=1S/C24H26N4O4S/c1-17-10-11-18(16-22(17)33(30,31)27-12-14-32-15-13-27)24(29)25-23-20-8-5-9-21(20)26-28(23)19-6-3-2-4-7-19/h2-4,6-7,10-11,16H,5,8-9,12-15H2,1H3,(H,25,29). The Hall–Kier alpha value is -3.01. The molecule has 1 aromatic heterocycles. The van der Waals surface area contributed by atoms with Gasteiger partial charge in [-0.25, -0.2) is 13.1 Å². The number of benzene rings is 2. The number of sulfonamides is 1. The van der Waals surface area contributed by atoms with Crippen molar-refractivity contribution < 1.29 is 17.9 Å². The van der Waals surface area contributed by atoms with Crippen molar-refractivity contribution in [3.63, 3.8) is 0 Å². The summed E-state index contributed by atoms with van der Waals surface area (Å²) in [4.78, 5) is 13.4. The maximum atomic E-state index is 13.3. The smallest absolute Gasteiger partial charge is 0.256 e.